The molecule has 28 heavy (non-hydrogen) atoms. The van der Waals surface area contributed by atoms with E-state index < -0.39 is 21.9 Å². The fourth-order valence-electron chi connectivity index (χ4n) is 4.19. The second-order valence-corrected chi connectivity index (χ2v) is 9.22. The molecule has 0 aliphatic heterocycles. The minimum atomic E-state index is -4.47. The number of alkyl halides is 3. The molecular formula is C20H19F3N2O2S. The topological polar surface area (TPSA) is 73.1 Å². The monoisotopic (exact) mass is 408 g/mol. The average molecular weight is 408 g/mol. The Morgan fingerprint density at radius 3 is 1.93 bits per heavy atom. The van der Waals surface area contributed by atoms with Crippen molar-refractivity contribution < 1.29 is 21.6 Å². The van der Waals surface area contributed by atoms with E-state index in [1.54, 1.807) is 12.1 Å². The van der Waals surface area contributed by atoms with Gasteiger partial charge in [0.1, 0.15) is 5.69 Å². The van der Waals surface area contributed by atoms with E-state index in [0.29, 0.717) is 5.56 Å². The molecule has 2 aliphatic carbocycles. The second kappa shape index (κ2) is 6.42. The lowest BCUT2D eigenvalue weighted by Crippen LogP contribution is -2.26. The van der Waals surface area contributed by atoms with Gasteiger partial charge in [0.25, 0.3) is 0 Å². The predicted octanol–water partition coefficient (Wildman–Crippen LogP) is 4.62. The number of allylic oxidation sites excluding steroid dienone is 2. The van der Waals surface area contributed by atoms with Crippen LogP contribution >= 0.6 is 0 Å². The number of pyridine rings is 1. The van der Waals surface area contributed by atoms with Crippen LogP contribution < -0.4 is 5.14 Å². The van der Waals surface area contributed by atoms with E-state index in [4.69, 9.17) is 5.14 Å². The van der Waals surface area contributed by atoms with Crippen LogP contribution in [0.3, 0.4) is 0 Å². The van der Waals surface area contributed by atoms with E-state index in [1.807, 2.05) is 0 Å². The highest BCUT2D eigenvalue weighted by molar-refractivity contribution is 7.89. The SMILES string of the molecule is NS(=O)(=O)c1ccc(C2=C(c3ccc(C(F)(F)F)nc3)CC3(CCC3)C2)cc1. The van der Waals surface area contributed by atoms with Crippen LogP contribution in [0.1, 0.15) is 48.9 Å². The lowest BCUT2D eigenvalue weighted by atomic mass is 9.66. The third kappa shape index (κ3) is 3.46. The first-order valence-electron chi connectivity index (χ1n) is 8.96. The molecule has 2 N–H and O–H groups in total. The van der Waals surface area contributed by atoms with Crippen molar-refractivity contribution in [3.63, 3.8) is 0 Å². The normalized spacial score (nSPS) is 19.1. The van der Waals surface area contributed by atoms with Crippen molar-refractivity contribution in [3.8, 4) is 0 Å². The van der Waals surface area contributed by atoms with Crippen molar-refractivity contribution in [2.75, 3.05) is 0 Å². The van der Waals surface area contributed by atoms with Crippen molar-refractivity contribution >= 4 is 21.2 Å². The van der Waals surface area contributed by atoms with E-state index in [1.165, 1.54) is 24.4 Å². The van der Waals surface area contributed by atoms with Crippen LogP contribution in [0.25, 0.3) is 11.1 Å². The third-order valence-electron chi connectivity index (χ3n) is 5.82. The Bertz CT molecular complexity index is 1040. The molecule has 0 amide bonds. The molecule has 2 aliphatic rings. The number of nitrogens with two attached hydrogens (primary N) is 1. The van der Waals surface area contributed by atoms with Crippen LogP contribution in [0.4, 0.5) is 13.2 Å². The number of hydrogen-bond donors (Lipinski definition) is 1. The van der Waals surface area contributed by atoms with Crippen LogP contribution in [0.5, 0.6) is 0 Å². The molecule has 1 saturated carbocycles. The highest BCUT2D eigenvalue weighted by Gasteiger charge is 2.44. The molecule has 8 heteroatoms. The van der Waals surface area contributed by atoms with Crippen LogP contribution in [0.15, 0.2) is 47.5 Å². The summed E-state index contributed by atoms with van der Waals surface area (Å²) in [6, 6.07) is 8.84. The fourth-order valence-corrected chi connectivity index (χ4v) is 4.71. The number of benzene rings is 1. The zero-order valence-electron chi connectivity index (χ0n) is 15.0. The Kier molecular flexibility index (Phi) is 4.39. The van der Waals surface area contributed by atoms with Gasteiger partial charge in [0.05, 0.1) is 4.90 Å². The summed E-state index contributed by atoms with van der Waals surface area (Å²) in [4.78, 5) is 3.64. The fraction of sp³-hybridized carbons (Fsp3) is 0.350. The first kappa shape index (κ1) is 19.1. The number of sulfonamides is 1. The maximum Gasteiger partial charge on any atom is 0.433 e. The summed E-state index contributed by atoms with van der Waals surface area (Å²) in [6.07, 6.45) is 1.77. The molecule has 0 atom stereocenters. The molecular weight excluding hydrogens is 389 g/mol. The molecule has 4 rings (SSSR count). The first-order chi connectivity index (χ1) is 13.1. The van der Waals surface area contributed by atoms with Gasteiger partial charge in [0.2, 0.25) is 10.0 Å². The molecule has 1 aromatic heterocycles. The Morgan fingerprint density at radius 1 is 0.929 bits per heavy atom. The zero-order chi connectivity index (χ0) is 20.2. The van der Waals surface area contributed by atoms with Gasteiger partial charge in [-0.2, -0.15) is 13.2 Å². The van der Waals surface area contributed by atoms with Gasteiger partial charge in [-0.1, -0.05) is 24.6 Å². The molecule has 148 valence electrons. The molecule has 4 nitrogen and oxygen atoms in total. The Morgan fingerprint density at radius 2 is 1.50 bits per heavy atom. The predicted molar refractivity (Wildman–Crippen MR) is 99.4 cm³/mol. The number of hydrogen-bond acceptors (Lipinski definition) is 3. The van der Waals surface area contributed by atoms with Crippen molar-refractivity contribution in [1.82, 2.24) is 4.98 Å². The summed E-state index contributed by atoms with van der Waals surface area (Å²) in [6.45, 7) is 0. The van der Waals surface area contributed by atoms with Gasteiger partial charge in [0, 0.05) is 6.20 Å². The summed E-state index contributed by atoms with van der Waals surface area (Å²) in [5.41, 5.74) is 2.83. The highest BCUT2D eigenvalue weighted by Crippen LogP contribution is 2.59. The zero-order valence-corrected chi connectivity index (χ0v) is 15.8. The summed E-state index contributed by atoms with van der Waals surface area (Å²) in [5.74, 6) is 0. The van der Waals surface area contributed by atoms with Gasteiger partial charge in [-0.05, 0) is 71.6 Å². The van der Waals surface area contributed by atoms with Gasteiger partial charge in [-0.15, -0.1) is 0 Å². The third-order valence-corrected chi connectivity index (χ3v) is 6.74. The van der Waals surface area contributed by atoms with E-state index in [-0.39, 0.29) is 10.3 Å². The standard InChI is InChI=1S/C20H19F3N2O2S/c21-20(22,23)18-7-4-14(12-25-18)17-11-19(8-1-9-19)10-16(17)13-2-5-15(6-3-13)28(24,26)27/h2-7,12H,1,8-11H2,(H2,24,26,27). The van der Waals surface area contributed by atoms with Crippen LogP contribution in [0.2, 0.25) is 0 Å². The summed E-state index contributed by atoms with van der Waals surface area (Å²) < 4.78 is 61.5. The van der Waals surface area contributed by atoms with Crippen LogP contribution in [-0.2, 0) is 16.2 Å². The summed E-state index contributed by atoms with van der Waals surface area (Å²) in [7, 11) is -3.78. The van der Waals surface area contributed by atoms with Gasteiger partial charge in [-0.25, -0.2) is 13.6 Å². The largest absolute Gasteiger partial charge is 0.433 e. The van der Waals surface area contributed by atoms with Gasteiger partial charge in [-0.3, -0.25) is 4.98 Å². The highest BCUT2D eigenvalue weighted by atomic mass is 32.2. The Balaban J connectivity index is 1.74. The first-order valence-corrected chi connectivity index (χ1v) is 10.5. The molecule has 0 saturated heterocycles. The van der Waals surface area contributed by atoms with Gasteiger partial charge < -0.3 is 0 Å². The van der Waals surface area contributed by atoms with E-state index in [9.17, 15) is 21.6 Å². The van der Waals surface area contributed by atoms with Gasteiger partial charge >= 0.3 is 6.18 Å². The minimum absolute atomic E-state index is 0.0333. The van der Waals surface area contributed by atoms with Crippen molar-refractivity contribution in [1.29, 1.82) is 0 Å². The van der Waals surface area contributed by atoms with E-state index in [0.717, 1.165) is 54.9 Å². The molecule has 0 bridgehead atoms. The smallest absolute Gasteiger partial charge is 0.251 e. The van der Waals surface area contributed by atoms with Crippen molar-refractivity contribution in [2.24, 2.45) is 10.6 Å². The van der Waals surface area contributed by atoms with E-state index >= 15 is 0 Å². The molecule has 1 fully saturated rings. The lowest BCUT2D eigenvalue weighted by molar-refractivity contribution is -0.141. The Labute approximate surface area is 161 Å². The number of rotatable bonds is 3. The number of aromatic nitrogens is 1. The molecule has 0 radical (unpaired) electrons. The summed E-state index contributed by atoms with van der Waals surface area (Å²) in [5, 5.41) is 5.16. The quantitative estimate of drug-likeness (QED) is 0.805. The maximum atomic E-state index is 12.8. The minimum Gasteiger partial charge on any atom is -0.251 e. The molecule has 1 aromatic carbocycles. The maximum absolute atomic E-state index is 12.8. The lowest BCUT2D eigenvalue weighted by Gasteiger charge is -2.39. The number of halogens is 3. The number of primary sulfonamides is 1. The van der Waals surface area contributed by atoms with Crippen LogP contribution in [-0.4, -0.2) is 13.4 Å². The molecule has 1 heterocycles. The van der Waals surface area contributed by atoms with E-state index in [2.05, 4.69) is 4.98 Å². The Hall–Kier alpha value is -2.19. The second-order valence-electron chi connectivity index (χ2n) is 7.66. The summed E-state index contributed by atoms with van der Waals surface area (Å²) >= 11 is 0. The molecule has 0 unspecified atom stereocenters. The number of nitrogens with zero attached hydrogens (tertiary/aromatic N) is 1. The van der Waals surface area contributed by atoms with Gasteiger partial charge in [0.15, 0.2) is 0 Å². The van der Waals surface area contributed by atoms with Crippen molar-refractivity contribution in [3.05, 3.63) is 59.4 Å². The van der Waals surface area contributed by atoms with Crippen molar-refractivity contribution in [2.45, 2.75) is 43.2 Å². The molecule has 1 spiro atoms. The molecule has 2 aromatic rings. The van der Waals surface area contributed by atoms with Crippen LogP contribution in [0, 0.1) is 5.41 Å². The average Bonchev–Trinajstić information content (AvgIpc) is 3.02.